The zero-order valence-electron chi connectivity index (χ0n) is 16.1. The molecule has 3 rings (SSSR count). The van der Waals surface area contributed by atoms with E-state index in [0.29, 0.717) is 44.6 Å². The van der Waals surface area contributed by atoms with Gasteiger partial charge in [0.2, 0.25) is 5.91 Å². The Morgan fingerprint density at radius 1 is 1.00 bits per heavy atom. The molecule has 1 aliphatic rings. The lowest BCUT2D eigenvalue weighted by Crippen LogP contribution is -2.37. The van der Waals surface area contributed by atoms with Crippen LogP contribution in [0.15, 0.2) is 42.7 Å². The molecular weight excluding hydrogens is 342 g/mol. The van der Waals surface area contributed by atoms with E-state index in [2.05, 4.69) is 0 Å². The van der Waals surface area contributed by atoms with Gasteiger partial charge in [0.15, 0.2) is 0 Å². The first kappa shape index (κ1) is 19.0. The highest BCUT2D eigenvalue weighted by Gasteiger charge is 2.23. The van der Waals surface area contributed by atoms with E-state index in [1.54, 1.807) is 7.11 Å². The van der Waals surface area contributed by atoms with E-state index >= 15 is 0 Å². The number of hydrogen-bond acceptors (Lipinski definition) is 3. The summed E-state index contributed by atoms with van der Waals surface area (Å²) in [7, 11) is 3.55. The molecule has 0 N–H and O–H groups in total. The van der Waals surface area contributed by atoms with Gasteiger partial charge in [-0.1, -0.05) is 12.1 Å². The number of benzene rings is 1. The second-order valence-corrected chi connectivity index (χ2v) is 6.94. The second-order valence-electron chi connectivity index (χ2n) is 6.94. The van der Waals surface area contributed by atoms with Crippen LogP contribution in [-0.4, -0.2) is 59.5 Å². The van der Waals surface area contributed by atoms with Crippen molar-refractivity contribution in [2.24, 2.45) is 7.05 Å². The molecule has 1 fully saturated rings. The Kier molecular flexibility index (Phi) is 6.16. The van der Waals surface area contributed by atoms with E-state index in [0.717, 1.165) is 17.7 Å². The maximum Gasteiger partial charge on any atom is 0.255 e. The number of carbonyl (C=O) groups is 2. The monoisotopic (exact) mass is 369 g/mol. The summed E-state index contributed by atoms with van der Waals surface area (Å²) < 4.78 is 7.03. The molecule has 2 amide bonds. The molecule has 1 aliphatic heterocycles. The number of nitrogens with zero attached hydrogens (tertiary/aromatic N) is 3. The van der Waals surface area contributed by atoms with E-state index in [1.165, 1.54) is 0 Å². The maximum absolute atomic E-state index is 12.6. The van der Waals surface area contributed by atoms with Crippen LogP contribution in [0.1, 0.15) is 28.8 Å². The van der Waals surface area contributed by atoms with E-state index in [4.69, 9.17) is 4.74 Å². The van der Waals surface area contributed by atoms with Crippen molar-refractivity contribution in [3.05, 3.63) is 53.9 Å². The number of aryl methyl sites for hydroxylation is 2. The summed E-state index contributed by atoms with van der Waals surface area (Å²) in [6.45, 7) is 2.58. The van der Waals surface area contributed by atoms with Crippen molar-refractivity contribution in [1.29, 1.82) is 0 Å². The second kappa shape index (κ2) is 8.75. The molecule has 0 unspecified atom stereocenters. The van der Waals surface area contributed by atoms with Crippen LogP contribution in [-0.2, 0) is 18.3 Å². The van der Waals surface area contributed by atoms with Crippen LogP contribution < -0.4 is 4.74 Å². The molecule has 6 nitrogen and oxygen atoms in total. The summed E-state index contributed by atoms with van der Waals surface area (Å²) in [5.41, 5.74) is 1.83. The molecule has 27 heavy (non-hydrogen) atoms. The highest BCUT2D eigenvalue weighted by atomic mass is 16.5. The molecule has 1 aromatic carbocycles. The van der Waals surface area contributed by atoms with E-state index in [9.17, 15) is 9.59 Å². The van der Waals surface area contributed by atoms with Crippen molar-refractivity contribution in [3.8, 4) is 5.75 Å². The molecule has 1 aromatic heterocycles. The van der Waals surface area contributed by atoms with Crippen LogP contribution in [0.2, 0.25) is 0 Å². The molecule has 0 saturated carbocycles. The van der Waals surface area contributed by atoms with Gasteiger partial charge in [-0.15, -0.1) is 0 Å². The third kappa shape index (κ3) is 4.90. The normalized spacial score (nSPS) is 14.7. The lowest BCUT2D eigenvalue weighted by molar-refractivity contribution is -0.131. The largest absolute Gasteiger partial charge is 0.497 e. The van der Waals surface area contributed by atoms with Crippen LogP contribution in [0.3, 0.4) is 0 Å². The van der Waals surface area contributed by atoms with E-state index < -0.39 is 0 Å². The van der Waals surface area contributed by atoms with Gasteiger partial charge >= 0.3 is 0 Å². The highest BCUT2D eigenvalue weighted by molar-refractivity contribution is 5.94. The average Bonchev–Trinajstić information content (AvgIpc) is 2.98. The molecule has 0 atom stereocenters. The van der Waals surface area contributed by atoms with Crippen molar-refractivity contribution in [3.63, 3.8) is 0 Å². The standard InChI is InChI=1S/C21H27N3O3/c1-22-13-10-18(16-22)21(26)24-12-3-11-23(14-15-24)20(25)9-6-17-4-7-19(27-2)8-5-17/h4-5,7-8,10,13,16H,3,6,9,11-12,14-15H2,1-2H3. The number of amides is 2. The number of carbonyl (C=O) groups excluding carboxylic acids is 2. The number of aromatic nitrogens is 1. The maximum atomic E-state index is 12.6. The minimum Gasteiger partial charge on any atom is -0.497 e. The fourth-order valence-corrected chi connectivity index (χ4v) is 3.38. The predicted molar refractivity (Wildman–Crippen MR) is 104 cm³/mol. The molecular formula is C21H27N3O3. The van der Waals surface area contributed by atoms with Gasteiger partial charge < -0.3 is 19.1 Å². The van der Waals surface area contributed by atoms with Gasteiger partial charge in [-0.25, -0.2) is 0 Å². The third-order valence-electron chi connectivity index (χ3n) is 5.00. The summed E-state index contributed by atoms with van der Waals surface area (Å²) in [6.07, 6.45) is 5.73. The van der Waals surface area contributed by atoms with Gasteiger partial charge in [0.05, 0.1) is 12.7 Å². The lowest BCUT2D eigenvalue weighted by Gasteiger charge is -2.22. The fourth-order valence-electron chi connectivity index (χ4n) is 3.38. The van der Waals surface area contributed by atoms with Crippen molar-refractivity contribution >= 4 is 11.8 Å². The Morgan fingerprint density at radius 3 is 2.37 bits per heavy atom. The quantitative estimate of drug-likeness (QED) is 0.813. The van der Waals surface area contributed by atoms with Crippen LogP contribution >= 0.6 is 0 Å². The molecule has 144 valence electrons. The molecule has 0 spiro atoms. The molecule has 2 aromatic rings. The number of methoxy groups -OCH3 is 1. The topological polar surface area (TPSA) is 54.8 Å². The molecule has 6 heteroatoms. The van der Waals surface area contributed by atoms with Crippen molar-refractivity contribution in [2.75, 3.05) is 33.3 Å². The Morgan fingerprint density at radius 2 is 1.70 bits per heavy atom. The number of rotatable bonds is 5. The summed E-state index contributed by atoms with van der Waals surface area (Å²) in [5.74, 6) is 1.02. The van der Waals surface area contributed by atoms with Gasteiger partial charge in [-0.3, -0.25) is 9.59 Å². The Bertz CT molecular complexity index is 782. The van der Waals surface area contributed by atoms with Crippen LogP contribution in [0.5, 0.6) is 5.75 Å². The van der Waals surface area contributed by atoms with Gasteiger partial charge in [0.1, 0.15) is 5.75 Å². The molecule has 0 radical (unpaired) electrons. The smallest absolute Gasteiger partial charge is 0.255 e. The van der Waals surface area contributed by atoms with Gasteiger partial charge in [0, 0.05) is 52.0 Å². The minimum atomic E-state index is 0.0446. The fraction of sp³-hybridized carbons (Fsp3) is 0.429. The van der Waals surface area contributed by atoms with Crippen molar-refractivity contribution < 1.29 is 14.3 Å². The van der Waals surface area contributed by atoms with Crippen LogP contribution in [0.25, 0.3) is 0 Å². The van der Waals surface area contributed by atoms with E-state index in [1.807, 2.05) is 64.1 Å². The Balaban J connectivity index is 1.50. The first-order chi connectivity index (χ1) is 13.1. The van der Waals surface area contributed by atoms with Crippen LogP contribution in [0, 0.1) is 0 Å². The predicted octanol–water partition coefficient (Wildman–Crippen LogP) is 2.34. The van der Waals surface area contributed by atoms with Crippen molar-refractivity contribution in [1.82, 2.24) is 14.4 Å². The average molecular weight is 369 g/mol. The van der Waals surface area contributed by atoms with Gasteiger partial charge in [0.25, 0.3) is 5.91 Å². The first-order valence-electron chi connectivity index (χ1n) is 9.39. The third-order valence-corrected chi connectivity index (χ3v) is 5.00. The van der Waals surface area contributed by atoms with Gasteiger partial charge in [-0.05, 0) is 36.6 Å². The summed E-state index contributed by atoms with van der Waals surface area (Å²) in [6, 6.07) is 9.66. The molecule has 0 bridgehead atoms. The minimum absolute atomic E-state index is 0.0446. The van der Waals surface area contributed by atoms with Crippen molar-refractivity contribution in [2.45, 2.75) is 19.3 Å². The Labute approximate surface area is 160 Å². The Hall–Kier alpha value is -2.76. The highest BCUT2D eigenvalue weighted by Crippen LogP contribution is 2.14. The molecule has 1 saturated heterocycles. The summed E-state index contributed by atoms with van der Waals surface area (Å²) >= 11 is 0. The lowest BCUT2D eigenvalue weighted by atomic mass is 10.1. The molecule has 2 heterocycles. The van der Waals surface area contributed by atoms with E-state index in [-0.39, 0.29) is 11.8 Å². The number of hydrogen-bond donors (Lipinski definition) is 0. The zero-order chi connectivity index (χ0) is 19.2. The summed E-state index contributed by atoms with van der Waals surface area (Å²) in [5, 5.41) is 0. The zero-order valence-corrected chi connectivity index (χ0v) is 16.1. The summed E-state index contributed by atoms with van der Waals surface area (Å²) in [4.78, 5) is 28.9. The number of ether oxygens (including phenoxy) is 1. The molecule has 0 aliphatic carbocycles. The van der Waals surface area contributed by atoms with Crippen LogP contribution in [0.4, 0.5) is 0 Å². The SMILES string of the molecule is COc1ccc(CCC(=O)N2CCCN(C(=O)c3ccn(C)c3)CC2)cc1. The van der Waals surface area contributed by atoms with Gasteiger partial charge in [-0.2, -0.15) is 0 Å². The first-order valence-corrected chi connectivity index (χ1v) is 9.39.